The molecule has 2 aromatic rings. The van der Waals surface area contributed by atoms with Crippen molar-refractivity contribution >= 4 is 50.5 Å². The predicted molar refractivity (Wildman–Crippen MR) is 108 cm³/mol. The van der Waals surface area contributed by atoms with Gasteiger partial charge in [0.25, 0.3) is 10.0 Å². The second-order valence-electron chi connectivity index (χ2n) is 5.84. The Morgan fingerprint density at radius 2 is 1.93 bits per heavy atom. The van der Waals surface area contributed by atoms with Crippen LogP contribution in [-0.4, -0.2) is 63.7 Å². The molecule has 1 aromatic heterocycles. The van der Waals surface area contributed by atoms with Crippen LogP contribution in [0.1, 0.15) is 0 Å². The first kappa shape index (κ1) is 22.2. The molecule has 1 aromatic carbocycles. The number of carbonyl (C=O) groups is 2. The number of likely N-dealkylation sites (N-methyl/N-ethyl adjacent to an activating group) is 2. The molecule has 28 heavy (non-hydrogen) atoms. The highest BCUT2D eigenvalue weighted by Crippen LogP contribution is 2.27. The van der Waals surface area contributed by atoms with E-state index >= 15 is 0 Å². The molecule has 1 N–H and O–H groups in total. The number of thiophene rings is 1. The molecule has 0 aliphatic carbocycles. The van der Waals surface area contributed by atoms with Crippen molar-refractivity contribution in [2.45, 2.75) is 4.21 Å². The molecule has 0 aliphatic heterocycles. The van der Waals surface area contributed by atoms with Gasteiger partial charge in [-0.15, -0.1) is 11.3 Å². The standard InChI is InChI=1S/C17H20ClN3O5S2/c1-20(10-15(22)19-13-9-12(18)6-7-14(13)26-3)16(23)11-21(2)28(24,25)17-5-4-8-27-17/h4-9H,10-11H2,1-3H3,(H,19,22). The van der Waals surface area contributed by atoms with E-state index in [0.717, 1.165) is 20.5 Å². The lowest BCUT2D eigenvalue weighted by Crippen LogP contribution is -2.42. The van der Waals surface area contributed by atoms with Gasteiger partial charge in [0, 0.05) is 19.1 Å². The zero-order valence-electron chi connectivity index (χ0n) is 15.5. The highest BCUT2D eigenvalue weighted by Gasteiger charge is 2.25. The molecule has 0 unspecified atom stereocenters. The Hall–Kier alpha value is -2.14. The summed E-state index contributed by atoms with van der Waals surface area (Å²) in [7, 11) is 0.451. The van der Waals surface area contributed by atoms with Gasteiger partial charge in [-0.25, -0.2) is 8.42 Å². The van der Waals surface area contributed by atoms with Gasteiger partial charge in [0.1, 0.15) is 9.96 Å². The smallest absolute Gasteiger partial charge is 0.252 e. The summed E-state index contributed by atoms with van der Waals surface area (Å²) in [6.45, 7) is -0.647. The van der Waals surface area contributed by atoms with E-state index in [1.54, 1.807) is 23.6 Å². The van der Waals surface area contributed by atoms with Crippen molar-refractivity contribution in [2.75, 3.05) is 39.6 Å². The van der Waals surface area contributed by atoms with Crippen molar-refractivity contribution < 1.29 is 22.7 Å². The molecule has 1 heterocycles. The van der Waals surface area contributed by atoms with E-state index in [1.165, 1.54) is 33.3 Å². The third-order valence-corrected chi connectivity index (χ3v) is 7.17. The monoisotopic (exact) mass is 445 g/mol. The lowest BCUT2D eigenvalue weighted by atomic mass is 10.3. The number of nitrogens with one attached hydrogen (secondary N) is 1. The van der Waals surface area contributed by atoms with Crippen molar-refractivity contribution in [1.82, 2.24) is 9.21 Å². The molecule has 2 amide bonds. The highest BCUT2D eigenvalue weighted by molar-refractivity contribution is 7.91. The minimum atomic E-state index is -3.74. The van der Waals surface area contributed by atoms with Gasteiger partial charge in [-0.2, -0.15) is 4.31 Å². The van der Waals surface area contributed by atoms with Crippen LogP contribution in [0.15, 0.2) is 39.9 Å². The fourth-order valence-electron chi connectivity index (χ4n) is 2.23. The van der Waals surface area contributed by atoms with Gasteiger partial charge >= 0.3 is 0 Å². The van der Waals surface area contributed by atoms with Crippen molar-refractivity contribution in [2.24, 2.45) is 0 Å². The Bertz CT molecular complexity index is 948. The largest absolute Gasteiger partial charge is 0.495 e. The second-order valence-corrected chi connectivity index (χ2v) is 9.49. The minimum absolute atomic E-state index is 0.149. The first-order chi connectivity index (χ1) is 13.1. The number of hydrogen-bond acceptors (Lipinski definition) is 6. The van der Waals surface area contributed by atoms with Gasteiger partial charge < -0.3 is 15.0 Å². The molecule has 0 bridgehead atoms. The molecule has 11 heteroatoms. The van der Waals surface area contributed by atoms with E-state index in [4.69, 9.17) is 16.3 Å². The number of amides is 2. The molecule has 0 saturated carbocycles. The number of carbonyl (C=O) groups excluding carboxylic acids is 2. The normalized spacial score (nSPS) is 11.3. The molecule has 8 nitrogen and oxygen atoms in total. The van der Waals surface area contributed by atoms with Gasteiger partial charge in [0.05, 0.1) is 25.9 Å². The fourth-order valence-corrected chi connectivity index (χ4v) is 4.72. The van der Waals surface area contributed by atoms with E-state index in [1.807, 2.05) is 0 Å². The average molecular weight is 446 g/mol. The van der Waals surface area contributed by atoms with Crippen LogP contribution in [0.25, 0.3) is 0 Å². The molecule has 0 fully saturated rings. The molecule has 0 saturated heterocycles. The van der Waals surface area contributed by atoms with Crippen LogP contribution < -0.4 is 10.1 Å². The molecule has 0 spiro atoms. The Labute approximate surface area is 172 Å². The average Bonchev–Trinajstić information content (AvgIpc) is 3.17. The minimum Gasteiger partial charge on any atom is -0.495 e. The molecule has 2 rings (SSSR count). The highest BCUT2D eigenvalue weighted by atomic mass is 35.5. The molecular weight excluding hydrogens is 426 g/mol. The third kappa shape index (κ3) is 5.44. The van der Waals surface area contributed by atoms with Crippen LogP contribution in [0.5, 0.6) is 5.75 Å². The number of hydrogen-bond donors (Lipinski definition) is 1. The quantitative estimate of drug-likeness (QED) is 0.671. The number of benzene rings is 1. The number of anilines is 1. The number of sulfonamides is 1. The molecule has 152 valence electrons. The first-order valence-corrected chi connectivity index (χ1v) is 10.7. The van der Waals surface area contributed by atoms with Crippen molar-refractivity contribution in [1.29, 1.82) is 0 Å². The van der Waals surface area contributed by atoms with Gasteiger partial charge in [-0.1, -0.05) is 17.7 Å². The van der Waals surface area contributed by atoms with Gasteiger partial charge in [0.2, 0.25) is 11.8 Å². The van der Waals surface area contributed by atoms with E-state index in [-0.39, 0.29) is 17.3 Å². The summed E-state index contributed by atoms with van der Waals surface area (Å²) in [5, 5.41) is 4.68. The van der Waals surface area contributed by atoms with Crippen LogP contribution in [0.3, 0.4) is 0 Å². The summed E-state index contributed by atoms with van der Waals surface area (Å²) in [6, 6.07) is 7.85. The fraction of sp³-hybridized carbons (Fsp3) is 0.294. The summed E-state index contributed by atoms with van der Waals surface area (Å²) in [5.74, 6) is -0.565. The SMILES string of the molecule is COc1ccc(Cl)cc1NC(=O)CN(C)C(=O)CN(C)S(=O)(=O)c1cccs1. The zero-order chi connectivity index (χ0) is 20.9. The first-order valence-electron chi connectivity index (χ1n) is 8.02. The molecule has 0 radical (unpaired) electrons. The van der Waals surface area contributed by atoms with Crippen molar-refractivity contribution in [3.63, 3.8) is 0 Å². The molecular formula is C17H20ClN3O5S2. The molecule has 0 atom stereocenters. The Kier molecular flexibility index (Phi) is 7.41. The summed E-state index contributed by atoms with van der Waals surface area (Å²) in [5.41, 5.74) is 0.373. The lowest BCUT2D eigenvalue weighted by Gasteiger charge is -2.21. The van der Waals surface area contributed by atoms with Crippen LogP contribution in [0.2, 0.25) is 5.02 Å². The van der Waals surface area contributed by atoms with Gasteiger partial charge in [-0.05, 0) is 29.6 Å². The van der Waals surface area contributed by atoms with Crippen LogP contribution in [0, 0.1) is 0 Å². The molecule has 0 aliphatic rings. The van der Waals surface area contributed by atoms with Gasteiger partial charge in [-0.3, -0.25) is 9.59 Å². The number of methoxy groups -OCH3 is 1. The number of halogens is 1. The van der Waals surface area contributed by atoms with Crippen LogP contribution in [0.4, 0.5) is 5.69 Å². The van der Waals surface area contributed by atoms with E-state index < -0.39 is 21.8 Å². The second kappa shape index (κ2) is 9.37. The number of rotatable bonds is 8. The predicted octanol–water partition coefficient (Wildman–Crippen LogP) is 2.13. The number of ether oxygens (including phenoxy) is 1. The third-order valence-electron chi connectivity index (χ3n) is 3.76. The summed E-state index contributed by atoms with van der Waals surface area (Å²) in [4.78, 5) is 25.7. The summed E-state index contributed by atoms with van der Waals surface area (Å²) in [6.07, 6.45) is 0. The van der Waals surface area contributed by atoms with Crippen molar-refractivity contribution in [3.05, 3.63) is 40.7 Å². The maximum atomic E-state index is 12.4. The van der Waals surface area contributed by atoms with Gasteiger partial charge in [0.15, 0.2) is 0 Å². The van der Waals surface area contributed by atoms with Crippen molar-refractivity contribution in [3.8, 4) is 5.75 Å². The Morgan fingerprint density at radius 1 is 1.21 bits per heavy atom. The van der Waals surface area contributed by atoms with Crippen LogP contribution in [-0.2, 0) is 19.6 Å². The van der Waals surface area contributed by atoms with E-state index in [2.05, 4.69) is 5.32 Å². The van der Waals surface area contributed by atoms with E-state index in [0.29, 0.717) is 16.5 Å². The van der Waals surface area contributed by atoms with E-state index in [9.17, 15) is 18.0 Å². The number of nitrogens with zero attached hydrogens (tertiary/aromatic N) is 2. The Morgan fingerprint density at radius 3 is 2.54 bits per heavy atom. The Balaban J connectivity index is 1.97. The maximum absolute atomic E-state index is 12.4. The summed E-state index contributed by atoms with van der Waals surface area (Å²) >= 11 is 6.99. The topological polar surface area (TPSA) is 96.0 Å². The maximum Gasteiger partial charge on any atom is 0.252 e. The lowest BCUT2D eigenvalue weighted by molar-refractivity contribution is -0.133. The van der Waals surface area contributed by atoms with Crippen LogP contribution >= 0.6 is 22.9 Å². The zero-order valence-corrected chi connectivity index (χ0v) is 17.9. The summed E-state index contributed by atoms with van der Waals surface area (Å²) < 4.78 is 31.0.